The van der Waals surface area contributed by atoms with Crippen LogP contribution in [0.25, 0.3) is 0 Å². The van der Waals surface area contributed by atoms with Gasteiger partial charge in [0.05, 0.1) is 17.0 Å². The smallest absolute Gasteiger partial charge is 0.251 e. The fraction of sp³-hybridized carbons (Fsp3) is 0.269. The first-order chi connectivity index (χ1) is 16.2. The van der Waals surface area contributed by atoms with Crippen LogP contribution < -0.4 is 5.32 Å². The average molecular weight is 501 g/mol. The summed E-state index contributed by atoms with van der Waals surface area (Å²) in [6, 6.07) is 22.1. The van der Waals surface area contributed by atoms with Gasteiger partial charge in [-0.15, -0.1) is 0 Å². The van der Waals surface area contributed by atoms with E-state index in [0.717, 1.165) is 11.1 Å². The molecular weight excluding hydrogens is 472 g/mol. The summed E-state index contributed by atoms with van der Waals surface area (Å²) in [5.74, 6) is -0.297. The lowest BCUT2D eigenvalue weighted by molar-refractivity contribution is 0.0924. The molecule has 0 aliphatic rings. The molecule has 0 heterocycles. The molecule has 0 bridgehead atoms. The van der Waals surface area contributed by atoms with E-state index in [0.29, 0.717) is 17.0 Å². The predicted octanol–water partition coefficient (Wildman–Crippen LogP) is 4.79. The maximum atomic E-state index is 13.7. The second-order valence-electron chi connectivity index (χ2n) is 8.09. The van der Waals surface area contributed by atoms with Crippen molar-refractivity contribution in [2.75, 3.05) is 6.54 Å². The van der Waals surface area contributed by atoms with Gasteiger partial charge in [-0.1, -0.05) is 61.0 Å². The fourth-order valence-corrected chi connectivity index (χ4v) is 5.47. The first-order valence-corrected chi connectivity index (χ1v) is 12.9. The van der Waals surface area contributed by atoms with Crippen molar-refractivity contribution < 1.29 is 18.3 Å². The second kappa shape index (κ2) is 11.6. The number of hydrogen-bond donors (Lipinski definition) is 2. The van der Waals surface area contributed by atoms with Gasteiger partial charge in [0.2, 0.25) is 10.0 Å². The van der Waals surface area contributed by atoms with Crippen molar-refractivity contribution >= 4 is 27.5 Å². The lowest BCUT2D eigenvalue weighted by Crippen LogP contribution is -2.34. The van der Waals surface area contributed by atoms with Gasteiger partial charge in [0, 0.05) is 23.7 Å². The van der Waals surface area contributed by atoms with Crippen LogP contribution in [0.3, 0.4) is 0 Å². The molecule has 0 saturated carbocycles. The number of halogens is 1. The van der Waals surface area contributed by atoms with E-state index in [1.807, 2.05) is 37.3 Å². The first-order valence-electron chi connectivity index (χ1n) is 11.1. The molecule has 6 nitrogen and oxygen atoms in total. The third-order valence-corrected chi connectivity index (χ3v) is 7.57. The zero-order valence-corrected chi connectivity index (χ0v) is 20.8. The van der Waals surface area contributed by atoms with Crippen LogP contribution in [0.15, 0.2) is 83.8 Å². The normalized spacial score (nSPS) is 13.4. The Hall–Kier alpha value is -2.71. The summed E-state index contributed by atoms with van der Waals surface area (Å²) < 4.78 is 29.0. The SMILES string of the molecule is CCC(c1ccccc1)N(Cc1ccc(C(=O)NCC(C)O)cc1)S(=O)(=O)c1ccc(Cl)cc1. The molecule has 0 aromatic heterocycles. The number of carbonyl (C=O) groups is 1. The highest BCUT2D eigenvalue weighted by Crippen LogP contribution is 2.32. The van der Waals surface area contributed by atoms with Gasteiger partial charge in [-0.05, 0) is 60.9 Å². The Kier molecular flexibility index (Phi) is 8.85. The average Bonchev–Trinajstić information content (AvgIpc) is 2.83. The van der Waals surface area contributed by atoms with Crippen LogP contribution in [0, 0.1) is 0 Å². The summed E-state index contributed by atoms with van der Waals surface area (Å²) in [4.78, 5) is 12.4. The van der Waals surface area contributed by atoms with Crippen molar-refractivity contribution in [3.05, 3.63) is 101 Å². The standard InChI is InChI=1S/C26H29ClN2O4S/c1-3-25(21-7-5-4-6-8-21)29(34(32,33)24-15-13-23(27)14-16-24)18-20-9-11-22(12-10-20)26(31)28-17-19(2)30/h4-16,19,25,30H,3,17-18H2,1-2H3,(H,28,31). The molecule has 2 atom stereocenters. The van der Waals surface area contributed by atoms with Gasteiger partial charge in [0.1, 0.15) is 0 Å². The summed E-state index contributed by atoms with van der Waals surface area (Å²) in [7, 11) is -3.85. The highest BCUT2D eigenvalue weighted by Gasteiger charge is 2.31. The molecule has 3 aromatic carbocycles. The molecule has 0 saturated heterocycles. The largest absolute Gasteiger partial charge is 0.392 e. The van der Waals surface area contributed by atoms with E-state index in [9.17, 15) is 18.3 Å². The molecule has 0 spiro atoms. The highest BCUT2D eigenvalue weighted by atomic mass is 35.5. The second-order valence-corrected chi connectivity index (χ2v) is 10.4. The predicted molar refractivity (Wildman–Crippen MR) is 134 cm³/mol. The number of rotatable bonds is 10. The minimum atomic E-state index is -3.85. The Morgan fingerprint density at radius 3 is 2.18 bits per heavy atom. The van der Waals surface area contributed by atoms with Gasteiger partial charge in [-0.2, -0.15) is 4.31 Å². The number of aliphatic hydroxyl groups is 1. The van der Waals surface area contributed by atoms with E-state index in [2.05, 4.69) is 5.32 Å². The third-order valence-electron chi connectivity index (χ3n) is 5.45. The Morgan fingerprint density at radius 1 is 1.00 bits per heavy atom. The quantitative estimate of drug-likeness (QED) is 0.419. The van der Waals surface area contributed by atoms with Gasteiger partial charge in [-0.25, -0.2) is 8.42 Å². The molecule has 2 N–H and O–H groups in total. The molecule has 180 valence electrons. The van der Waals surface area contributed by atoms with Crippen molar-refractivity contribution in [1.82, 2.24) is 9.62 Å². The molecule has 3 aromatic rings. The zero-order chi connectivity index (χ0) is 24.7. The lowest BCUT2D eigenvalue weighted by atomic mass is 10.0. The molecule has 0 radical (unpaired) electrons. The number of nitrogens with zero attached hydrogens (tertiary/aromatic N) is 1. The number of sulfonamides is 1. The fourth-order valence-electron chi connectivity index (χ4n) is 3.67. The topological polar surface area (TPSA) is 86.7 Å². The van der Waals surface area contributed by atoms with Crippen molar-refractivity contribution in [2.45, 2.75) is 43.9 Å². The van der Waals surface area contributed by atoms with Gasteiger partial charge in [0.25, 0.3) is 5.91 Å². The van der Waals surface area contributed by atoms with E-state index in [1.54, 1.807) is 43.3 Å². The van der Waals surface area contributed by atoms with E-state index in [-0.39, 0.29) is 29.9 Å². The van der Waals surface area contributed by atoms with Crippen molar-refractivity contribution in [3.63, 3.8) is 0 Å². The summed E-state index contributed by atoms with van der Waals surface area (Å²) in [6.45, 7) is 3.84. The number of benzene rings is 3. The maximum absolute atomic E-state index is 13.7. The minimum absolute atomic E-state index is 0.133. The molecule has 0 aliphatic carbocycles. The number of nitrogens with one attached hydrogen (secondary N) is 1. The van der Waals surface area contributed by atoms with Crippen molar-refractivity contribution in [3.8, 4) is 0 Å². The summed E-state index contributed by atoms with van der Waals surface area (Å²) in [5, 5.41) is 12.5. The Labute approximate surface area is 206 Å². The highest BCUT2D eigenvalue weighted by molar-refractivity contribution is 7.89. The summed E-state index contributed by atoms with van der Waals surface area (Å²) in [6.07, 6.45) is -0.0600. The van der Waals surface area contributed by atoms with Gasteiger partial charge < -0.3 is 10.4 Å². The molecule has 34 heavy (non-hydrogen) atoms. The monoisotopic (exact) mass is 500 g/mol. The van der Waals surface area contributed by atoms with Crippen LogP contribution in [0.4, 0.5) is 0 Å². The van der Waals surface area contributed by atoms with Crippen LogP contribution in [-0.2, 0) is 16.6 Å². The van der Waals surface area contributed by atoms with Gasteiger partial charge >= 0.3 is 0 Å². The van der Waals surface area contributed by atoms with Gasteiger partial charge in [0.15, 0.2) is 0 Å². The Morgan fingerprint density at radius 2 is 1.62 bits per heavy atom. The van der Waals surface area contributed by atoms with E-state index in [1.165, 1.54) is 16.4 Å². The van der Waals surface area contributed by atoms with Crippen LogP contribution >= 0.6 is 11.6 Å². The zero-order valence-electron chi connectivity index (χ0n) is 19.2. The van der Waals surface area contributed by atoms with Crippen molar-refractivity contribution in [1.29, 1.82) is 0 Å². The van der Waals surface area contributed by atoms with Gasteiger partial charge in [-0.3, -0.25) is 4.79 Å². The number of amides is 1. The number of carbonyl (C=O) groups excluding carboxylic acids is 1. The third kappa shape index (κ3) is 6.45. The molecule has 2 unspecified atom stereocenters. The van der Waals surface area contributed by atoms with Crippen molar-refractivity contribution in [2.24, 2.45) is 0 Å². The first kappa shape index (κ1) is 25.9. The van der Waals surface area contributed by atoms with Crippen LogP contribution in [0.2, 0.25) is 5.02 Å². The van der Waals surface area contributed by atoms with E-state index < -0.39 is 16.1 Å². The molecule has 3 rings (SSSR count). The molecule has 0 fully saturated rings. The molecular formula is C26H29ClN2O4S. The van der Waals surface area contributed by atoms with Crippen LogP contribution in [-0.4, -0.2) is 36.4 Å². The van der Waals surface area contributed by atoms with Crippen LogP contribution in [0.5, 0.6) is 0 Å². The Bertz CT molecular complexity index is 1180. The number of aliphatic hydroxyl groups excluding tert-OH is 1. The molecule has 0 aliphatic heterocycles. The summed E-state index contributed by atoms with van der Waals surface area (Å²) >= 11 is 5.98. The molecule has 8 heteroatoms. The Balaban J connectivity index is 1.94. The summed E-state index contributed by atoms with van der Waals surface area (Å²) in [5.41, 5.74) is 2.09. The maximum Gasteiger partial charge on any atom is 0.251 e. The lowest BCUT2D eigenvalue weighted by Gasteiger charge is -2.31. The minimum Gasteiger partial charge on any atom is -0.392 e. The number of hydrogen-bond acceptors (Lipinski definition) is 4. The van der Waals surface area contributed by atoms with E-state index in [4.69, 9.17) is 11.6 Å². The molecule has 1 amide bonds. The van der Waals surface area contributed by atoms with E-state index >= 15 is 0 Å². The van der Waals surface area contributed by atoms with Crippen LogP contribution in [0.1, 0.15) is 47.8 Å².